The zero-order valence-electron chi connectivity index (χ0n) is 14.1. The molecule has 132 valence electrons. The highest BCUT2D eigenvalue weighted by molar-refractivity contribution is 6.35. The average Bonchev–Trinajstić information content (AvgIpc) is 3.05. The lowest BCUT2D eigenvalue weighted by Gasteiger charge is -2.37. The molecule has 2 aliphatic heterocycles. The first-order chi connectivity index (χ1) is 11.8. The van der Waals surface area contributed by atoms with E-state index >= 15 is 0 Å². The molecule has 7 heteroatoms. The molecular weight excluding hydrogens is 344 g/mol. The number of aromatic carboxylic acids is 1. The second-order valence-electron chi connectivity index (χ2n) is 7.27. The Labute approximate surface area is 149 Å². The Morgan fingerprint density at radius 3 is 2.64 bits per heavy atom. The van der Waals surface area contributed by atoms with Gasteiger partial charge in [-0.25, -0.2) is 4.79 Å². The molecule has 1 saturated heterocycles. The number of hydrogen-bond donors (Lipinski definition) is 1. The summed E-state index contributed by atoms with van der Waals surface area (Å²) in [7, 11) is 0. The summed E-state index contributed by atoms with van der Waals surface area (Å²) >= 11 is 6.50. The van der Waals surface area contributed by atoms with Crippen molar-refractivity contribution in [2.75, 3.05) is 24.6 Å². The average molecular weight is 363 g/mol. The van der Waals surface area contributed by atoms with Gasteiger partial charge in [-0.15, -0.1) is 0 Å². The van der Waals surface area contributed by atoms with Crippen molar-refractivity contribution >= 4 is 34.2 Å². The summed E-state index contributed by atoms with van der Waals surface area (Å²) in [6, 6.07) is 1.59. The van der Waals surface area contributed by atoms with Crippen LogP contribution in [0.4, 0.5) is 5.69 Å². The van der Waals surface area contributed by atoms with Crippen molar-refractivity contribution in [2.45, 2.75) is 32.2 Å². The van der Waals surface area contributed by atoms with Crippen LogP contribution in [0.5, 0.6) is 5.75 Å². The second kappa shape index (κ2) is 5.39. The Bertz CT molecular complexity index is 958. The minimum atomic E-state index is -1.24. The number of benzene rings is 1. The van der Waals surface area contributed by atoms with Crippen molar-refractivity contribution in [2.24, 2.45) is 0 Å². The van der Waals surface area contributed by atoms with Gasteiger partial charge in [-0.2, -0.15) is 0 Å². The number of rotatable bonds is 2. The van der Waals surface area contributed by atoms with Gasteiger partial charge in [0.15, 0.2) is 5.75 Å². The first-order valence-electron chi connectivity index (χ1n) is 8.34. The lowest BCUT2D eigenvalue weighted by molar-refractivity contribution is 0.0693. The second-order valence-corrected chi connectivity index (χ2v) is 7.68. The van der Waals surface area contributed by atoms with Gasteiger partial charge < -0.3 is 19.3 Å². The molecule has 3 heterocycles. The third kappa shape index (κ3) is 2.31. The van der Waals surface area contributed by atoms with Crippen molar-refractivity contribution in [3.05, 3.63) is 33.1 Å². The summed E-state index contributed by atoms with van der Waals surface area (Å²) in [5.41, 5.74) is 0.171. The minimum absolute atomic E-state index is 0.251. The fraction of sp³-hybridized carbons (Fsp3) is 0.444. The molecule has 0 aliphatic carbocycles. The van der Waals surface area contributed by atoms with Crippen LogP contribution >= 0.6 is 11.6 Å². The Hall–Kier alpha value is -2.21. The maximum absolute atomic E-state index is 12.7. The van der Waals surface area contributed by atoms with Gasteiger partial charge in [-0.1, -0.05) is 11.6 Å². The number of pyridine rings is 1. The van der Waals surface area contributed by atoms with Gasteiger partial charge in [0, 0.05) is 19.3 Å². The Kier molecular flexibility index (Phi) is 3.51. The molecule has 0 unspecified atom stereocenters. The molecule has 1 aromatic carbocycles. The van der Waals surface area contributed by atoms with Gasteiger partial charge in [-0.05, 0) is 32.8 Å². The lowest BCUT2D eigenvalue weighted by Crippen LogP contribution is -2.39. The molecule has 0 bridgehead atoms. The monoisotopic (exact) mass is 362 g/mol. The van der Waals surface area contributed by atoms with E-state index in [1.807, 2.05) is 18.4 Å². The predicted octanol–water partition coefficient (Wildman–Crippen LogP) is 3.08. The predicted molar refractivity (Wildman–Crippen MR) is 96.4 cm³/mol. The number of nitrogens with zero attached hydrogens (tertiary/aromatic N) is 2. The normalized spacial score (nSPS) is 18.4. The van der Waals surface area contributed by atoms with E-state index in [1.54, 1.807) is 6.07 Å². The molecule has 25 heavy (non-hydrogen) atoms. The standard InChI is InChI=1S/C18H19ClN2O4/c1-18(2)9-25-16-13-10(15(22)11(17(23)24)8-21(13)18)7-12(19)14(16)20-5-3-4-6-20/h7-8H,3-6,9H2,1-2H3,(H,23,24). The summed E-state index contributed by atoms with van der Waals surface area (Å²) in [4.78, 5) is 26.4. The summed E-state index contributed by atoms with van der Waals surface area (Å²) in [6.45, 7) is 6.06. The molecule has 1 N–H and O–H groups in total. The quantitative estimate of drug-likeness (QED) is 0.888. The Balaban J connectivity index is 2.14. The van der Waals surface area contributed by atoms with Crippen LogP contribution < -0.4 is 15.1 Å². The van der Waals surface area contributed by atoms with Crippen molar-refractivity contribution in [1.29, 1.82) is 0 Å². The van der Waals surface area contributed by atoms with Crippen molar-refractivity contribution in [3.63, 3.8) is 0 Å². The van der Waals surface area contributed by atoms with Crippen LogP contribution in [-0.2, 0) is 5.54 Å². The third-order valence-electron chi connectivity index (χ3n) is 5.05. The van der Waals surface area contributed by atoms with Crippen molar-refractivity contribution in [3.8, 4) is 5.75 Å². The first-order valence-corrected chi connectivity index (χ1v) is 8.72. The number of carboxylic acid groups (broad SMARTS) is 1. The maximum atomic E-state index is 12.7. The topological polar surface area (TPSA) is 71.8 Å². The minimum Gasteiger partial charge on any atom is -0.487 e. The molecule has 0 atom stereocenters. The molecule has 0 saturated carbocycles. The van der Waals surface area contributed by atoms with Gasteiger partial charge in [0.2, 0.25) is 5.43 Å². The van der Waals surface area contributed by atoms with Crippen LogP contribution in [0.25, 0.3) is 10.9 Å². The van der Waals surface area contributed by atoms with Crippen LogP contribution in [0.1, 0.15) is 37.0 Å². The highest BCUT2D eigenvalue weighted by Gasteiger charge is 2.34. The number of anilines is 1. The van der Waals surface area contributed by atoms with E-state index in [4.69, 9.17) is 16.3 Å². The van der Waals surface area contributed by atoms with Gasteiger partial charge in [0.05, 0.1) is 21.5 Å². The molecule has 1 fully saturated rings. The van der Waals surface area contributed by atoms with Crippen LogP contribution in [-0.4, -0.2) is 35.3 Å². The number of carboxylic acids is 1. The summed E-state index contributed by atoms with van der Waals surface area (Å²) in [6.07, 6.45) is 3.61. The van der Waals surface area contributed by atoms with E-state index in [0.717, 1.165) is 31.6 Å². The molecular formula is C18H19ClN2O4. The Morgan fingerprint density at radius 1 is 1.32 bits per heavy atom. The van der Waals surface area contributed by atoms with E-state index in [1.165, 1.54) is 6.20 Å². The van der Waals surface area contributed by atoms with Gasteiger partial charge in [-0.3, -0.25) is 4.79 Å². The van der Waals surface area contributed by atoms with E-state index in [9.17, 15) is 14.7 Å². The number of ether oxygens (including phenoxy) is 1. The number of carbonyl (C=O) groups is 1. The summed E-state index contributed by atoms with van der Waals surface area (Å²) < 4.78 is 7.91. The summed E-state index contributed by atoms with van der Waals surface area (Å²) in [5.74, 6) is -0.656. The molecule has 4 rings (SSSR count). The van der Waals surface area contributed by atoms with Gasteiger partial charge in [0.25, 0.3) is 0 Å². The molecule has 0 radical (unpaired) electrons. The number of hydrogen-bond acceptors (Lipinski definition) is 4. The maximum Gasteiger partial charge on any atom is 0.341 e. The zero-order chi connectivity index (χ0) is 17.9. The lowest BCUT2D eigenvalue weighted by atomic mass is 9.99. The molecule has 0 spiro atoms. The van der Waals surface area contributed by atoms with Gasteiger partial charge in [0.1, 0.15) is 17.9 Å². The van der Waals surface area contributed by atoms with E-state index < -0.39 is 16.9 Å². The number of halogens is 1. The largest absolute Gasteiger partial charge is 0.487 e. The highest BCUT2D eigenvalue weighted by Crippen LogP contribution is 2.46. The van der Waals surface area contributed by atoms with Gasteiger partial charge >= 0.3 is 5.97 Å². The zero-order valence-corrected chi connectivity index (χ0v) is 14.9. The fourth-order valence-corrected chi connectivity index (χ4v) is 4.05. The van der Waals surface area contributed by atoms with Crippen LogP contribution in [0.3, 0.4) is 0 Å². The molecule has 0 amide bonds. The van der Waals surface area contributed by atoms with E-state index in [-0.39, 0.29) is 10.9 Å². The molecule has 6 nitrogen and oxygen atoms in total. The molecule has 2 aliphatic rings. The Morgan fingerprint density at radius 2 is 2.00 bits per heavy atom. The third-order valence-corrected chi connectivity index (χ3v) is 5.33. The van der Waals surface area contributed by atoms with Crippen LogP contribution in [0, 0.1) is 0 Å². The van der Waals surface area contributed by atoms with Crippen LogP contribution in [0.2, 0.25) is 5.02 Å². The number of aromatic nitrogens is 1. The van der Waals surface area contributed by atoms with E-state index in [2.05, 4.69) is 4.90 Å². The van der Waals surface area contributed by atoms with E-state index in [0.29, 0.717) is 22.9 Å². The van der Waals surface area contributed by atoms with Crippen molar-refractivity contribution in [1.82, 2.24) is 4.57 Å². The smallest absolute Gasteiger partial charge is 0.341 e. The summed E-state index contributed by atoms with van der Waals surface area (Å²) in [5, 5.41) is 10.1. The van der Waals surface area contributed by atoms with Crippen LogP contribution in [0.15, 0.2) is 17.1 Å². The fourth-order valence-electron chi connectivity index (χ4n) is 3.74. The van der Waals surface area contributed by atoms with Crippen molar-refractivity contribution < 1.29 is 14.6 Å². The first kappa shape index (κ1) is 16.3. The molecule has 1 aromatic heterocycles. The molecule has 2 aromatic rings. The highest BCUT2D eigenvalue weighted by atomic mass is 35.5. The SMILES string of the molecule is CC1(C)COc2c(N3CCCC3)c(Cl)cc3c(=O)c(C(=O)O)cn1c23.